The molecular weight excluding hydrogens is 374 g/mol. The van der Waals surface area contributed by atoms with Gasteiger partial charge in [-0.25, -0.2) is 23.0 Å². The first-order valence-corrected chi connectivity index (χ1v) is 9.96. The highest BCUT2D eigenvalue weighted by atomic mass is 32.2. The third-order valence-electron chi connectivity index (χ3n) is 3.24. The number of amides is 1. The second-order valence-corrected chi connectivity index (χ2v) is 8.89. The average Bonchev–Trinajstić information content (AvgIpc) is 2.49. The highest BCUT2D eigenvalue weighted by molar-refractivity contribution is 7.90. The lowest BCUT2D eigenvalue weighted by atomic mass is 10.2. The zero-order valence-corrected chi connectivity index (χ0v) is 16.9. The number of nitrogens with one attached hydrogen (secondary N) is 1. The van der Waals surface area contributed by atoms with Crippen LogP contribution >= 0.6 is 0 Å². The quantitative estimate of drug-likeness (QED) is 0.670. The summed E-state index contributed by atoms with van der Waals surface area (Å²) >= 11 is 0. The van der Waals surface area contributed by atoms with Gasteiger partial charge in [-0.15, -0.1) is 6.58 Å². The van der Waals surface area contributed by atoms with E-state index in [1.807, 2.05) is 0 Å². The molecule has 1 amide bonds. The molecule has 1 heterocycles. The number of carbonyl (C=O) groups excluding carboxylic acids is 1. The van der Waals surface area contributed by atoms with Gasteiger partial charge in [-0.05, 0) is 33.3 Å². The molecule has 0 atom stereocenters. The normalized spacial score (nSPS) is 11.6. The van der Waals surface area contributed by atoms with Crippen molar-refractivity contribution in [3.05, 3.63) is 24.4 Å². The van der Waals surface area contributed by atoms with E-state index in [9.17, 15) is 23.1 Å². The van der Waals surface area contributed by atoms with Gasteiger partial charge in [-0.3, -0.25) is 5.32 Å². The molecule has 0 bridgehead atoms. The molecule has 0 unspecified atom stereocenters. The number of sulfone groups is 1. The Morgan fingerprint density at radius 2 is 2.00 bits per heavy atom. The Balaban J connectivity index is 3.49. The van der Waals surface area contributed by atoms with E-state index in [0.29, 0.717) is 13.0 Å². The summed E-state index contributed by atoms with van der Waals surface area (Å²) in [5, 5.41) is 11.7. The molecule has 0 aliphatic carbocycles. The maximum Gasteiger partial charge on any atom is 0.412 e. The van der Waals surface area contributed by atoms with Crippen molar-refractivity contribution in [2.45, 2.75) is 37.7 Å². The summed E-state index contributed by atoms with van der Waals surface area (Å²) in [6, 6.07) is 1.08. The van der Waals surface area contributed by atoms with E-state index in [1.54, 1.807) is 33.9 Å². The van der Waals surface area contributed by atoms with Crippen molar-refractivity contribution in [1.29, 1.82) is 0 Å². The smallest absolute Gasteiger partial charge is 0.412 e. The number of hydrogen-bond donors (Lipinski definition) is 2. The van der Waals surface area contributed by atoms with Crippen molar-refractivity contribution in [2.75, 3.05) is 30.1 Å². The van der Waals surface area contributed by atoms with Crippen LogP contribution in [0.1, 0.15) is 37.7 Å². The molecule has 1 aromatic rings. The van der Waals surface area contributed by atoms with Gasteiger partial charge >= 0.3 is 12.1 Å². The van der Waals surface area contributed by atoms with E-state index in [0.717, 1.165) is 12.3 Å². The molecule has 27 heavy (non-hydrogen) atoms. The summed E-state index contributed by atoms with van der Waals surface area (Å²) in [4.78, 5) is 28.9. The Labute approximate surface area is 159 Å². The van der Waals surface area contributed by atoms with Gasteiger partial charge in [0.25, 0.3) is 0 Å². The molecule has 0 spiro atoms. The van der Waals surface area contributed by atoms with Crippen molar-refractivity contribution in [3.8, 4) is 0 Å². The molecule has 10 heteroatoms. The van der Waals surface area contributed by atoms with Gasteiger partial charge in [0.05, 0.1) is 5.69 Å². The topological polar surface area (TPSA) is 126 Å². The molecule has 0 radical (unpaired) electrons. The Bertz CT molecular complexity index is 843. The number of ether oxygens (including phenoxy) is 1. The second kappa shape index (κ2) is 8.38. The number of pyridine rings is 1. The van der Waals surface area contributed by atoms with Gasteiger partial charge in [0.15, 0.2) is 15.5 Å². The summed E-state index contributed by atoms with van der Waals surface area (Å²) in [5.74, 6) is -1.44. The summed E-state index contributed by atoms with van der Waals surface area (Å²) < 4.78 is 29.5. The molecule has 150 valence electrons. The predicted molar refractivity (Wildman–Crippen MR) is 102 cm³/mol. The van der Waals surface area contributed by atoms with Crippen molar-refractivity contribution in [3.63, 3.8) is 0 Å². The average molecular weight is 399 g/mol. The van der Waals surface area contributed by atoms with E-state index in [2.05, 4.69) is 16.9 Å². The van der Waals surface area contributed by atoms with Crippen LogP contribution in [-0.4, -0.2) is 56.0 Å². The van der Waals surface area contributed by atoms with Crippen LogP contribution in [0.25, 0.3) is 0 Å². The molecule has 1 rings (SSSR count). The molecule has 0 fully saturated rings. The second-order valence-electron chi connectivity index (χ2n) is 6.91. The first kappa shape index (κ1) is 22.4. The number of nitrogens with zero attached hydrogens (tertiary/aromatic N) is 2. The molecule has 2 N–H and O–H groups in total. The van der Waals surface area contributed by atoms with Gasteiger partial charge in [0.1, 0.15) is 16.3 Å². The highest BCUT2D eigenvalue weighted by Crippen LogP contribution is 2.29. The van der Waals surface area contributed by atoms with Crippen LogP contribution in [0.2, 0.25) is 0 Å². The predicted octanol–water partition coefficient (Wildman–Crippen LogP) is 2.54. The monoisotopic (exact) mass is 399 g/mol. The van der Waals surface area contributed by atoms with Crippen LogP contribution in [0.15, 0.2) is 23.6 Å². The number of carboxylic acid groups (broad SMARTS) is 1. The standard InChI is InChI=1S/C17H25N3O6S/c1-7-8-9-20(5)14-12(27(6,24)25)10-11(13(19-14)15(21)22)18-16(23)26-17(2,3)4/h7,10H,1,8-9H2,2-6H3,(H,18,23)(H,21,22). The van der Waals surface area contributed by atoms with Crippen molar-refractivity contribution in [2.24, 2.45) is 0 Å². The minimum atomic E-state index is -3.75. The number of rotatable bonds is 7. The Morgan fingerprint density at radius 3 is 2.44 bits per heavy atom. The number of aromatic carboxylic acids is 1. The van der Waals surface area contributed by atoms with Crippen LogP contribution in [0.4, 0.5) is 16.3 Å². The molecule has 9 nitrogen and oxygen atoms in total. The fourth-order valence-electron chi connectivity index (χ4n) is 2.09. The van der Waals surface area contributed by atoms with Gasteiger partial charge < -0.3 is 14.7 Å². The molecule has 1 aromatic heterocycles. The molecule has 0 aliphatic heterocycles. The van der Waals surface area contributed by atoms with Gasteiger partial charge in [-0.1, -0.05) is 6.08 Å². The number of hydrogen-bond acceptors (Lipinski definition) is 7. The lowest BCUT2D eigenvalue weighted by Crippen LogP contribution is -2.29. The van der Waals surface area contributed by atoms with E-state index in [4.69, 9.17) is 4.74 Å². The zero-order valence-electron chi connectivity index (χ0n) is 16.1. The lowest BCUT2D eigenvalue weighted by Gasteiger charge is -2.23. The minimum Gasteiger partial charge on any atom is -0.476 e. The first-order valence-electron chi connectivity index (χ1n) is 8.06. The number of anilines is 2. The van der Waals surface area contributed by atoms with Crippen molar-refractivity contribution >= 4 is 33.4 Å². The Hall–Kier alpha value is -2.62. The number of carboxylic acids is 1. The van der Waals surface area contributed by atoms with Gasteiger partial charge in [0.2, 0.25) is 0 Å². The van der Waals surface area contributed by atoms with Crippen LogP contribution in [0.5, 0.6) is 0 Å². The third-order valence-corrected chi connectivity index (χ3v) is 4.34. The summed E-state index contributed by atoms with van der Waals surface area (Å²) in [6.45, 7) is 8.91. The van der Waals surface area contributed by atoms with Crippen molar-refractivity contribution in [1.82, 2.24) is 4.98 Å². The molecular formula is C17H25N3O6S. The van der Waals surface area contributed by atoms with Crippen LogP contribution in [-0.2, 0) is 14.6 Å². The minimum absolute atomic E-state index is 0.0218. The van der Waals surface area contributed by atoms with Crippen molar-refractivity contribution < 1.29 is 27.9 Å². The van der Waals surface area contributed by atoms with Gasteiger partial charge in [-0.2, -0.15) is 0 Å². The highest BCUT2D eigenvalue weighted by Gasteiger charge is 2.26. The Morgan fingerprint density at radius 1 is 1.41 bits per heavy atom. The largest absolute Gasteiger partial charge is 0.476 e. The number of aromatic nitrogens is 1. The van der Waals surface area contributed by atoms with E-state index >= 15 is 0 Å². The Kier molecular flexibility index (Phi) is 6.96. The third kappa shape index (κ3) is 6.55. The maximum atomic E-state index is 12.2. The van der Waals surface area contributed by atoms with E-state index in [-0.39, 0.29) is 16.4 Å². The molecule has 0 saturated carbocycles. The van der Waals surface area contributed by atoms with E-state index < -0.39 is 33.2 Å². The van der Waals surface area contributed by atoms with Crippen LogP contribution in [0, 0.1) is 0 Å². The van der Waals surface area contributed by atoms with Crippen LogP contribution in [0.3, 0.4) is 0 Å². The molecule has 0 saturated heterocycles. The SMILES string of the molecule is C=CCCN(C)c1nc(C(=O)O)c(NC(=O)OC(C)(C)C)cc1S(C)(=O)=O. The van der Waals surface area contributed by atoms with E-state index in [1.165, 1.54) is 4.90 Å². The summed E-state index contributed by atoms with van der Waals surface area (Å²) in [5.41, 5.74) is -1.57. The summed E-state index contributed by atoms with van der Waals surface area (Å²) in [6.07, 6.45) is 2.25. The molecule has 0 aromatic carbocycles. The fourth-order valence-corrected chi connectivity index (χ4v) is 2.96. The lowest BCUT2D eigenvalue weighted by molar-refractivity contribution is 0.0635. The van der Waals surface area contributed by atoms with Gasteiger partial charge in [0, 0.05) is 19.8 Å². The zero-order chi connectivity index (χ0) is 21.0. The maximum absolute atomic E-state index is 12.2. The first-order chi connectivity index (χ1) is 12.3. The fraction of sp³-hybridized carbons (Fsp3) is 0.471. The van der Waals surface area contributed by atoms with Crippen LogP contribution < -0.4 is 10.2 Å². The summed E-state index contributed by atoms with van der Waals surface area (Å²) in [7, 11) is -2.16. The molecule has 0 aliphatic rings. The number of carbonyl (C=O) groups is 2.